The van der Waals surface area contributed by atoms with Gasteiger partial charge in [0.2, 0.25) is 0 Å². The van der Waals surface area contributed by atoms with Gasteiger partial charge in [0.15, 0.2) is 0 Å². The van der Waals surface area contributed by atoms with Gasteiger partial charge in [-0.15, -0.1) is 0 Å². The Morgan fingerprint density at radius 2 is 2.36 bits per heavy atom. The molecule has 1 heterocycles. The second kappa shape index (κ2) is 3.19. The van der Waals surface area contributed by atoms with Gasteiger partial charge in [-0.3, -0.25) is 4.79 Å². The fraction of sp³-hybridized carbons (Fsp3) is 0.222. The summed E-state index contributed by atoms with van der Waals surface area (Å²) in [6.45, 7) is 6.20. The minimum absolute atomic E-state index is 0.0549. The number of hydrogen-bond donors (Lipinski definition) is 1. The predicted octanol–water partition coefficient (Wildman–Crippen LogP) is 1.17. The Labute approximate surface area is 66.3 Å². The predicted molar refractivity (Wildman–Crippen MR) is 45.0 cm³/mol. The van der Waals surface area contributed by atoms with E-state index < -0.39 is 0 Å². The molecule has 1 amide bonds. The number of allylic oxidation sites excluding steroid dienone is 3. The van der Waals surface area contributed by atoms with E-state index in [0.29, 0.717) is 12.1 Å². The molecule has 1 N–H and O–H groups in total. The van der Waals surface area contributed by atoms with Crippen molar-refractivity contribution in [2.45, 2.75) is 6.92 Å². The molecular weight excluding hydrogens is 138 g/mol. The highest BCUT2D eigenvalue weighted by Gasteiger charge is 2.18. The van der Waals surface area contributed by atoms with Crippen LogP contribution in [0, 0.1) is 0 Å². The molecule has 1 saturated heterocycles. The Kier molecular flexibility index (Phi) is 2.26. The second-order valence-electron chi connectivity index (χ2n) is 2.38. The molecule has 0 spiro atoms. The highest BCUT2D eigenvalue weighted by molar-refractivity contribution is 6.00. The minimum atomic E-state index is -0.0549. The molecule has 0 aromatic rings. The van der Waals surface area contributed by atoms with Crippen molar-refractivity contribution in [1.29, 1.82) is 0 Å². The number of carbonyl (C=O) groups excluding carboxylic acids is 1. The van der Waals surface area contributed by atoms with E-state index in [4.69, 9.17) is 0 Å². The lowest BCUT2D eigenvalue weighted by Crippen LogP contribution is -2.13. The maximum atomic E-state index is 10.9. The van der Waals surface area contributed by atoms with Crippen LogP contribution in [0.1, 0.15) is 6.92 Å². The average molecular weight is 149 g/mol. The number of nitrogens with one attached hydrogen (secondary N) is 1. The molecule has 1 fully saturated rings. The summed E-state index contributed by atoms with van der Waals surface area (Å²) in [6.07, 6.45) is 5.73. The quantitative estimate of drug-likeness (QED) is 0.557. The molecule has 0 aliphatic carbocycles. The summed E-state index contributed by atoms with van der Waals surface area (Å²) < 4.78 is 0. The summed E-state index contributed by atoms with van der Waals surface area (Å²) in [5, 5.41) is 2.69. The van der Waals surface area contributed by atoms with E-state index in [9.17, 15) is 4.79 Å². The molecular formula is C9H11NO. The second-order valence-corrected chi connectivity index (χ2v) is 2.38. The Bertz CT molecular complexity index is 248. The Morgan fingerprint density at radius 3 is 2.82 bits per heavy atom. The van der Waals surface area contributed by atoms with Crippen LogP contribution in [0.4, 0.5) is 0 Å². The van der Waals surface area contributed by atoms with Crippen LogP contribution in [0.25, 0.3) is 0 Å². The molecule has 1 aliphatic heterocycles. The number of carbonyl (C=O) groups is 1. The zero-order chi connectivity index (χ0) is 8.27. The van der Waals surface area contributed by atoms with Gasteiger partial charge < -0.3 is 5.32 Å². The SMILES string of the molecule is C=C1C(=O)NC/C1=C/C=C\C. The standard InChI is InChI=1S/C9H11NO/c1-3-4-5-8-6-10-9(11)7(8)2/h3-5H,2,6H2,1H3,(H,10,11)/b4-3-,8-5-. The number of rotatable bonds is 1. The molecule has 0 bridgehead atoms. The first-order chi connectivity index (χ1) is 5.25. The van der Waals surface area contributed by atoms with Crippen molar-refractivity contribution in [3.8, 4) is 0 Å². The van der Waals surface area contributed by atoms with Crippen LogP contribution in [0.3, 0.4) is 0 Å². The van der Waals surface area contributed by atoms with E-state index in [1.807, 2.05) is 25.2 Å². The van der Waals surface area contributed by atoms with Crippen LogP contribution in [0.5, 0.6) is 0 Å². The van der Waals surface area contributed by atoms with Crippen molar-refractivity contribution in [3.05, 3.63) is 36.0 Å². The van der Waals surface area contributed by atoms with Crippen molar-refractivity contribution in [2.24, 2.45) is 0 Å². The summed E-state index contributed by atoms with van der Waals surface area (Å²) in [5.41, 5.74) is 1.57. The molecule has 0 aromatic carbocycles. The van der Waals surface area contributed by atoms with Crippen LogP contribution in [0.2, 0.25) is 0 Å². The highest BCUT2D eigenvalue weighted by atomic mass is 16.1. The maximum Gasteiger partial charge on any atom is 0.251 e. The third kappa shape index (κ3) is 1.58. The van der Waals surface area contributed by atoms with Crippen molar-refractivity contribution in [3.63, 3.8) is 0 Å². The van der Waals surface area contributed by atoms with Gasteiger partial charge in [0.1, 0.15) is 0 Å². The summed E-state index contributed by atoms with van der Waals surface area (Å²) in [7, 11) is 0. The third-order valence-corrected chi connectivity index (χ3v) is 1.59. The van der Waals surface area contributed by atoms with E-state index in [2.05, 4.69) is 11.9 Å². The topological polar surface area (TPSA) is 29.1 Å². The first kappa shape index (κ1) is 7.79. The zero-order valence-corrected chi connectivity index (χ0v) is 6.55. The summed E-state index contributed by atoms with van der Waals surface area (Å²) in [6, 6.07) is 0. The summed E-state index contributed by atoms with van der Waals surface area (Å²) >= 11 is 0. The van der Waals surface area contributed by atoms with E-state index >= 15 is 0 Å². The van der Waals surface area contributed by atoms with Gasteiger partial charge in [-0.05, 0) is 12.5 Å². The van der Waals surface area contributed by atoms with Crippen LogP contribution >= 0.6 is 0 Å². The lowest BCUT2D eigenvalue weighted by atomic mass is 10.1. The Morgan fingerprint density at radius 1 is 1.64 bits per heavy atom. The van der Waals surface area contributed by atoms with E-state index in [0.717, 1.165) is 5.57 Å². The molecule has 1 rings (SSSR count). The lowest BCUT2D eigenvalue weighted by Gasteiger charge is -1.89. The van der Waals surface area contributed by atoms with Gasteiger partial charge in [-0.25, -0.2) is 0 Å². The first-order valence-corrected chi connectivity index (χ1v) is 3.55. The van der Waals surface area contributed by atoms with Crippen LogP contribution in [-0.2, 0) is 4.79 Å². The maximum absolute atomic E-state index is 10.9. The van der Waals surface area contributed by atoms with Crippen molar-refractivity contribution in [1.82, 2.24) is 5.32 Å². The van der Waals surface area contributed by atoms with Crippen molar-refractivity contribution >= 4 is 5.91 Å². The third-order valence-electron chi connectivity index (χ3n) is 1.59. The lowest BCUT2D eigenvalue weighted by molar-refractivity contribution is -0.116. The molecule has 1 aliphatic rings. The zero-order valence-electron chi connectivity index (χ0n) is 6.55. The highest BCUT2D eigenvalue weighted by Crippen LogP contribution is 2.12. The molecule has 2 heteroatoms. The van der Waals surface area contributed by atoms with E-state index in [1.165, 1.54) is 0 Å². The van der Waals surface area contributed by atoms with Gasteiger partial charge in [0.05, 0.1) is 0 Å². The molecule has 58 valence electrons. The monoisotopic (exact) mass is 149 g/mol. The van der Waals surface area contributed by atoms with Gasteiger partial charge in [-0.2, -0.15) is 0 Å². The molecule has 0 atom stereocenters. The largest absolute Gasteiger partial charge is 0.348 e. The van der Waals surface area contributed by atoms with Gasteiger partial charge in [0.25, 0.3) is 5.91 Å². The summed E-state index contributed by atoms with van der Waals surface area (Å²) in [4.78, 5) is 10.9. The number of hydrogen-bond acceptors (Lipinski definition) is 1. The Balaban J connectivity index is 2.77. The molecule has 11 heavy (non-hydrogen) atoms. The Hall–Kier alpha value is -1.31. The molecule has 0 aromatic heterocycles. The first-order valence-electron chi connectivity index (χ1n) is 3.55. The minimum Gasteiger partial charge on any atom is -0.348 e. The molecule has 0 radical (unpaired) electrons. The normalized spacial score (nSPS) is 21.7. The van der Waals surface area contributed by atoms with E-state index in [-0.39, 0.29) is 5.91 Å². The van der Waals surface area contributed by atoms with Gasteiger partial charge >= 0.3 is 0 Å². The molecule has 0 saturated carbocycles. The average Bonchev–Trinajstić information content (AvgIpc) is 2.31. The van der Waals surface area contributed by atoms with Crippen LogP contribution in [0.15, 0.2) is 36.0 Å². The fourth-order valence-electron chi connectivity index (χ4n) is 0.907. The van der Waals surface area contributed by atoms with Gasteiger partial charge in [-0.1, -0.05) is 24.8 Å². The fourth-order valence-corrected chi connectivity index (χ4v) is 0.907. The number of amides is 1. The van der Waals surface area contributed by atoms with Gasteiger partial charge in [0, 0.05) is 12.1 Å². The van der Waals surface area contributed by atoms with Crippen LogP contribution in [-0.4, -0.2) is 12.5 Å². The smallest absolute Gasteiger partial charge is 0.251 e. The molecule has 0 unspecified atom stereocenters. The summed E-state index contributed by atoms with van der Waals surface area (Å²) in [5.74, 6) is -0.0549. The molecule has 2 nitrogen and oxygen atoms in total. The van der Waals surface area contributed by atoms with Crippen LogP contribution < -0.4 is 5.32 Å². The van der Waals surface area contributed by atoms with Crippen molar-refractivity contribution in [2.75, 3.05) is 6.54 Å². The van der Waals surface area contributed by atoms with Crippen molar-refractivity contribution < 1.29 is 4.79 Å². The van der Waals surface area contributed by atoms with E-state index in [1.54, 1.807) is 0 Å².